The van der Waals surface area contributed by atoms with Crippen molar-refractivity contribution >= 4 is 5.91 Å². The first-order valence-corrected chi connectivity index (χ1v) is 11.2. The highest BCUT2D eigenvalue weighted by atomic mass is 19.1. The average molecular weight is 403 g/mol. The minimum atomic E-state index is -0.121. The molecule has 3 fully saturated rings. The summed E-state index contributed by atoms with van der Waals surface area (Å²) in [7, 11) is 4.26. The van der Waals surface area contributed by atoms with Crippen LogP contribution in [0.5, 0.6) is 0 Å². The highest BCUT2D eigenvalue weighted by Crippen LogP contribution is 2.35. The van der Waals surface area contributed by atoms with Gasteiger partial charge in [-0.05, 0) is 69.8 Å². The van der Waals surface area contributed by atoms with Crippen LogP contribution < -0.4 is 10.9 Å². The first-order chi connectivity index (χ1) is 14.0. The van der Waals surface area contributed by atoms with Gasteiger partial charge in [-0.2, -0.15) is 0 Å². The van der Waals surface area contributed by atoms with Gasteiger partial charge in [-0.25, -0.2) is 9.82 Å². The molecule has 1 aliphatic carbocycles. The van der Waals surface area contributed by atoms with Crippen LogP contribution >= 0.6 is 0 Å². The van der Waals surface area contributed by atoms with Gasteiger partial charge in [0.25, 0.3) is 0 Å². The Morgan fingerprint density at radius 3 is 2.86 bits per heavy atom. The summed E-state index contributed by atoms with van der Waals surface area (Å²) in [5.41, 5.74) is 8.04. The van der Waals surface area contributed by atoms with Crippen molar-refractivity contribution < 1.29 is 9.18 Å². The number of benzene rings is 1. The van der Waals surface area contributed by atoms with E-state index in [1.807, 2.05) is 12.1 Å². The number of nitrogens with one attached hydrogen (secondary N) is 2. The van der Waals surface area contributed by atoms with Crippen LogP contribution in [-0.2, 0) is 17.8 Å². The van der Waals surface area contributed by atoms with E-state index in [-0.39, 0.29) is 23.7 Å². The molecule has 4 rings (SSSR count). The van der Waals surface area contributed by atoms with E-state index in [0.29, 0.717) is 18.4 Å². The van der Waals surface area contributed by atoms with E-state index < -0.39 is 0 Å². The average Bonchev–Trinajstić information content (AvgIpc) is 3.11. The summed E-state index contributed by atoms with van der Waals surface area (Å²) in [6, 6.07) is 5.77. The van der Waals surface area contributed by atoms with Crippen molar-refractivity contribution in [2.45, 2.75) is 51.1 Å². The molecule has 0 spiro atoms. The number of likely N-dealkylation sites (tertiary alicyclic amines) is 1. The Kier molecular flexibility index (Phi) is 6.52. The van der Waals surface area contributed by atoms with E-state index in [4.69, 9.17) is 0 Å². The fourth-order valence-electron chi connectivity index (χ4n) is 5.63. The van der Waals surface area contributed by atoms with Gasteiger partial charge in [-0.15, -0.1) is 0 Å². The van der Waals surface area contributed by atoms with Crippen molar-refractivity contribution in [1.29, 1.82) is 0 Å². The Morgan fingerprint density at radius 2 is 2.07 bits per heavy atom. The van der Waals surface area contributed by atoms with Crippen LogP contribution in [0.2, 0.25) is 0 Å². The van der Waals surface area contributed by atoms with Gasteiger partial charge in [0.2, 0.25) is 5.91 Å². The zero-order valence-corrected chi connectivity index (χ0v) is 17.8. The lowest BCUT2D eigenvalue weighted by Gasteiger charge is -2.41. The van der Waals surface area contributed by atoms with E-state index in [1.165, 1.54) is 12.8 Å². The van der Waals surface area contributed by atoms with Gasteiger partial charge in [0, 0.05) is 37.2 Å². The molecule has 2 N–H and O–H groups in total. The molecule has 5 nitrogen and oxygen atoms in total. The molecule has 1 saturated carbocycles. The molecule has 4 unspecified atom stereocenters. The van der Waals surface area contributed by atoms with E-state index in [0.717, 1.165) is 56.4 Å². The number of hydrazine groups is 1. The van der Waals surface area contributed by atoms with Crippen LogP contribution in [0.3, 0.4) is 0 Å². The number of amides is 1. The summed E-state index contributed by atoms with van der Waals surface area (Å²) < 4.78 is 14.5. The molecule has 1 amide bonds. The van der Waals surface area contributed by atoms with Crippen LogP contribution in [0, 0.1) is 23.6 Å². The fraction of sp³-hybridized carbons (Fsp3) is 0.696. The monoisotopic (exact) mass is 402 g/mol. The summed E-state index contributed by atoms with van der Waals surface area (Å²) in [5, 5.41) is 0. The van der Waals surface area contributed by atoms with Crippen molar-refractivity contribution in [2.75, 3.05) is 33.7 Å². The summed E-state index contributed by atoms with van der Waals surface area (Å²) in [5.74, 6) is 1.21. The molecule has 4 atom stereocenters. The predicted octanol–water partition coefficient (Wildman–Crippen LogP) is 2.56. The number of hydrogen-bond donors (Lipinski definition) is 2. The molecule has 2 heterocycles. The second kappa shape index (κ2) is 9.11. The highest BCUT2D eigenvalue weighted by Gasteiger charge is 2.39. The Morgan fingerprint density at radius 1 is 1.24 bits per heavy atom. The zero-order valence-electron chi connectivity index (χ0n) is 17.8. The number of carbonyl (C=O) groups is 1. The second-order valence-corrected chi connectivity index (χ2v) is 9.54. The Labute approximate surface area is 174 Å². The van der Waals surface area contributed by atoms with Crippen molar-refractivity contribution in [3.63, 3.8) is 0 Å². The van der Waals surface area contributed by atoms with E-state index in [1.54, 1.807) is 6.07 Å². The van der Waals surface area contributed by atoms with Crippen LogP contribution in [0.25, 0.3) is 0 Å². The third kappa shape index (κ3) is 4.98. The number of rotatable bonds is 6. The molecule has 2 saturated heterocycles. The molecule has 2 aliphatic heterocycles. The molecule has 1 aromatic rings. The first-order valence-electron chi connectivity index (χ1n) is 11.2. The topological polar surface area (TPSA) is 47.6 Å². The van der Waals surface area contributed by atoms with Gasteiger partial charge in [0.1, 0.15) is 5.82 Å². The fourth-order valence-corrected chi connectivity index (χ4v) is 5.63. The molecular weight excluding hydrogens is 367 g/mol. The summed E-state index contributed by atoms with van der Waals surface area (Å²) in [6.07, 6.45) is 6.48. The van der Waals surface area contributed by atoms with Crippen molar-refractivity contribution in [3.8, 4) is 0 Å². The normalized spacial score (nSPS) is 30.4. The van der Waals surface area contributed by atoms with Gasteiger partial charge in [0.05, 0.1) is 0 Å². The molecule has 0 aromatic heterocycles. The molecule has 6 heteroatoms. The maximum atomic E-state index is 14.5. The van der Waals surface area contributed by atoms with Gasteiger partial charge < -0.3 is 9.80 Å². The largest absolute Gasteiger partial charge is 0.306 e. The lowest BCUT2D eigenvalue weighted by Crippen LogP contribution is -2.60. The second-order valence-electron chi connectivity index (χ2n) is 9.54. The number of fused-ring (bicyclic) bond motifs is 1. The van der Waals surface area contributed by atoms with Crippen LogP contribution in [-0.4, -0.2) is 55.5 Å². The maximum absolute atomic E-state index is 14.5. The third-order valence-corrected chi connectivity index (χ3v) is 7.12. The summed E-state index contributed by atoms with van der Waals surface area (Å²) >= 11 is 0. The smallest absolute Gasteiger partial charge is 0.237 e. The van der Waals surface area contributed by atoms with E-state index >= 15 is 0 Å². The minimum absolute atomic E-state index is 0.121. The molecule has 3 aliphatic rings. The third-order valence-electron chi connectivity index (χ3n) is 7.12. The SMILES string of the molecule is CN1CCC(CN(C)Cc2cc(CC3NNC(=O)C4CCCCC34)ccc2F)C1. The lowest BCUT2D eigenvalue weighted by atomic mass is 9.72. The molecular formula is C23H35FN4O. The van der Waals surface area contributed by atoms with Gasteiger partial charge in [-0.3, -0.25) is 10.2 Å². The Bertz CT molecular complexity index is 727. The quantitative estimate of drug-likeness (QED) is 0.768. The lowest BCUT2D eigenvalue weighted by molar-refractivity contribution is -0.133. The Balaban J connectivity index is 1.39. The van der Waals surface area contributed by atoms with Crippen LogP contribution in [0.4, 0.5) is 4.39 Å². The number of nitrogens with zero attached hydrogens (tertiary/aromatic N) is 2. The number of hydrogen-bond acceptors (Lipinski definition) is 4. The van der Waals surface area contributed by atoms with E-state index in [9.17, 15) is 9.18 Å². The molecule has 1 aromatic carbocycles. The van der Waals surface area contributed by atoms with E-state index in [2.05, 4.69) is 34.7 Å². The predicted molar refractivity (Wildman–Crippen MR) is 113 cm³/mol. The molecule has 160 valence electrons. The molecule has 29 heavy (non-hydrogen) atoms. The van der Waals surface area contributed by atoms with Gasteiger partial charge in [-0.1, -0.05) is 25.0 Å². The van der Waals surface area contributed by atoms with Crippen LogP contribution in [0.1, 0.15) is 43.2 Å². The standard InChI is InChI=1S/C23H35FN4O/c1-27-10-9-17(13-27)14-28(2)15-18-11-16(7-8-21(18)24)12-22-19-5-3-4-6-20(19)23(29)26-25-22/h7-8,11,17,19-20,22,25H,3-6,9-10,12-15H2,1-2H3,(H,26,29). The first kappa shape index (κ1) is 20.8. The summed E-state index contributed by atoms with van der Waals surface area (Å²) in [6.45, 7) is 3.94. The number of halogens is 1. The molecule has 0 radical (unpaired) electrons. The molecule has 0 bridgehead atoms. The van der Waals surface area contributed by atoms with Crippen LogP contribution in [0.15, 0.2) is 18.2 Å². The van der Waals surface area contributed by atoms with Crippen molar-refractivity contribution in [1.82, 2.24) is 20.7 Å². The Hall–Kier alpha value is -1.50. The van der Waals surface area contributed by atoms with Gasteiger partial charge >= 0.3 is 0 Å². The zero-order chi connectivity index (χ0) is 20.4. The maximum Gasteiger partial charge on any atom is 0.237 e. The van der Waals surface area contributed by atoms with Gasteiger partial charge in [0.15, 0.2) is 0 Å². The highest BCUT2D eigenvalue weighted by molar-refractivity contribution is 5.79. The minimum Gasteiger partial charge on any atom is -0.306 e. The van der Waals surface area contributed by atoms with Crippen molar-refractivity contribution in [3.05, 3.63) is 35.1 Å². The summed E-state index contributed by atoms with van der Waals surface area (Å²) in [4.78, 5) is 16.8. The van der Waals surface area contributed by atoms with Crippen molar-refractivity contribution in [2.24, 2.45) is 17.8 Å². The number of carbonyl (C=O) groups excluding carboxylic acids is 1.